The zero-order chi connectivity index (χ0) is 18.7. The molecule has 26 heavy (non-hydrogen) atoms. The molecule has 0 aliphatic rings. The van der Waals surface area contributed by atoms with Crippen molar-refractivity contribution in [3.63, 3.8) is 0 Å². The van der Waals surface area contributed by atoms with Gasteiger partial charge in [-0.25, -0.2) is 15.0 Å². The van der Waals surface area contributed by atoms with Gasteiger partial charge in [0.1, 0.15) is 39.3 Å². The summed E-state index contributed by atoms with van der Waals surface area (Å²) >= 11 is 12.6. The first-order chi connectivity index (χ1) is 12.3. The zero-order valence-electron chi connectivity index (χ0n) is 13.7. The number of hydrogen-bond donors (Lipinski definition) is 3. The number of aromatic nitrogens is 4. The van der Waals surface area contributed by atoms with Gasteiger partial charge in [0, 0.05) is 17.1 Å². The van der Waals surface area contributed by atoms with Gasteiger partial charge in [-0.3, -0.25) is 4.57 Å². The maximum Gasteiger partial charge on any atom is 0.152 e. The number of nitrogens with zero attached hydrogens (tertiary/aromatic N) is 4. The number of anilines is 1. The summed E-state index contributed by atoms with van der Waals surface area (Å²) in [5.74, 6) is -0.353. The van der Waals surface area contributed by atoms with Gasteiger partial charge in [0.15, 0.2) is 5.65 Å². The highest BCUT2D eigenvalue weighted by Crippen LogP contribution is 2.44. The molecular weight excluding hydrogens is 377 g/mol. The number of hydrogen-bond acceptors (Lipinski definition) is 6. The molecule has 7 nitrogen and oxygen atoms in total. The van der Waals surface area contributed by atoms with Crippen molar-refractivity contribution in [1.82, 2.24) is 19.5 Å². The van der Waals surface area contributed by atoms with Crippen LogP contribution in [0.25, 0.3) is 27.8 Å². The predicted octanol–water partition coefficient (Wildman–Crippen LogP) is 3.89. The number of fused-ring (bicyclic) bond motifs is 3. The molecule has 0 aliphatic carbocycles. The normalized spacial score (nSPS) is 11.5. The Morgan fingerprint density at radius 2 is 1.65 bits per heavy atom. The monoisotopic (exact) mass is 389 g/mol. The summed E-state index contributed by atoms with van der Waals surface area (Å²) in [6.45, 7) is 3.81. The van der Waals surface area contributed by atoms with Gasteiger partial charge >= 0.3 is 0 Å². The molecule has 4 rings (SSSR count). The fourth-order valence-electron chi connectivity index (χ4n) is 2.97. The van der Waals surface area contributed by atoms with Crippen LogP contribution in [-0.2, 0) is 0 Å². The summed E-state index contributed by atoms with van der Waals surface area (Å²) in [6, 6.07) is 3.01. The average molecular weight is 390 g/mol. The Kier molecular flexibility index (Phi) is 3.61. The van der Waals surface area contributed by atoms with E-state index in [0.29, 0.717) is 16.7 Å². The van der Waals surface area contributed by atoms with E-state index in [4.69, 9.17) is 28.9 Å². The van der Waals surface area contributed by atoms with E-state index < -0.39 is 0 Å². The minimum absolute atomic E-state index is 0.0381. The Morgan fingerprint density at radius 3 is 2.31 bits per heavy atom. The number of nitrogen functional groups attached to an aromatic ring is 1. The second kappa shape index (κ2) is 5.62. The van der Waals surface area contributed by atoms with Crippen LogP contribution in [0.1, 0.15) is 11.3 Å². The molecule has 4 aromatic rings. The van der Waals surface area contributed by atoms with Crippen LogP contribution >= 0.6 is 23.2 Å². The summed E-state index contributed by atoms with van der Waals surface area (Å²) in [6.07, 6.45) is 1.32. The van der Waals surface area contributed by atoms with Gasteiger partial charge in [0.05, 0.1) is 11.1 Å². The largest absolute Gasteiger partial charge is 0.506 e. The zero-order valence-corrected chi connectivity index (χ0v) is 15.3. The number of phenolic OH excluding ortho intramolecular Hbond substituents is 2. The molecule has 0 saturated heterocycles. The van der Waals surface area contributed by atoms with Crippen molar-refractivity contribution in [3.8, 4) is 17.2 Å². The molecule has 0 unspecified atom stereocenters. The van der Waals surface area contributed by atoms with E-state index in [1.54, 1.807) is 4.57 Å². The van der Waals surface area contributed by atoms with Gasteiger partial charge in [-0.15, -0.1) is 0 Å². The second-order valence-corrected chi connectivity index (χ2v) is 6.70. The smallest absolute Gasteiger partial charge is 0.152 e. The van der Waals surface area contributed by atoms with Crippen molar-refractivity contribution in [2.24, 2.45) is 0 Å². The molecule has 1 aromatic carbocycles. The molecular formula is C17H13Cl2N5O2. The first kappa shape index (κ1) is 16.7. The predicted molar refractivity (Wildman–Crippen MR) is 101 cm³/mol. The number of nitrogens with two attached hydrogens (primary N) is 1. The Hall–Kier alpha value is -2.77. The first-order valence-corrected chi connectivity index (χ1v) is 8.36. The summed E-state index contributed by atoms with van der Waals surface area (Å²) in [5.41, 5.74) is 8.92. The third kappa shape index (κ3) is 2.17. The van der Waals surface area contributed by atoms with Crippen molar-refractivity contribution in [1.29, 1.82) is 0 Å². The highest BCUT2D eigenvalue weighted by molar-refractivity contribution is 6.40. The SMILES string of the molecule is Cc1cc2c3c(N)ncnc3n(-c3c(Cl)c(O)cc(O)c3Cl)c2nc1C. The quantitative estimate of drug-likeness (QED) is 0.455. The first-order valence-electron chi connectivity index (χ1n) is 7.60. The number of pyridine rings is 1. The summed E-state index contributed by atoms with van der Waals surface area (Å²) < 4.78 is 1.57. The molecule has 0 fully saturated rings. The number of aryl methyl sites for hydroxylation is 2. The van der Waals surface area contributed by atoms with E-state index in [2.05, 4.69) is 15.0 Å². The molecule has 0 radical (unpaired) electrons. The van der Waals surface area contributed by atoms with Gasteiger partial charge in [-0.2, -0.15) is 0 Å². The van der Waals surface area contributed by atoms with Gasteiger partial charge in [-0.1, -0.05) is 23.2 Å². The molecule has 3 heterocycles. The summed E-state index contributed by atoms with van der Waals surface area (Å²) in [5, 5.41) is 21.4. The van der Waals surface area contributed by atoms with Crippen molar-refractivity contribution in [2.75, 3.05) is 5.73 Å². The number of phenols is 2. The van der Waals surface area contributed by atoms with Crippen LogP contribution in [0, 0.1) is 13.8 Å². The van der Waals surface area contributed by atoms with E-state index >= 15 is 0 Å². The molecule has 0 saturated carbocycles. The van der Waals surface area contributed by atoms with Crippen LogP contribution in [0.15, 0.2) is 18.5 Å². The third-order valence-electron chi connectivity index (χ3n) is 4.36. The Bertz CT molecular complexity index is 1190. The molecule has 0 amide bonds. The van der Waals surface area contributed by atoms with Gasteiger partial charge in [-0.05, 0) is 25.5 Å². The van der Waals surface area contributed by atoms with Crippen LogP contribution in [0.3, 0.4) is 0 Å². The average Bonchev–Trinajstić information content (AvgIpc) is 2.89. The Labute approximate surface area is 157 Å². The standard InChI is InChI=1S/C17H13Cl2N5O2/c1-6-3-8-11-15(20)21-5-22-17(11)24(16(8)23-7(6)2)14-12(18)9(25)4-10(26)13(14)19/h3-5,25-26H,1-2H3,(H2,20,21,22). The lowest BCUT2D eigenvalue weighted by Crippen LogP contribution is -2.01. The lowest BCUT2D eigenvalue weighted by molar-refractivity contribution is 0.450. The van der Waals surface area contributed by atoms with Crippen molar-refractivity contribution < 1.29 is 10.2 Å². The van der Waals surface area contributed by atoms with Gasteiger partial charge < -0.3 is 15.9 Å². The fourth-order valence-corrected chi connectivity index (χ4v) is 3.48. The van der Waals surface area contributed by atoms with Crippen LogP contribution < -0.4 is 5.73 Å². The Balaban J connectivity index is 2.31. The minimum Gasteiger partial charge on any atom is -0.506 e. The topological polar surface area (TPSA) is 110 Å². The Morgan fingerprint density at radius 1 is 1.00 bits per heavy atom. The second-order valence-electron chi connectivity index (χ2n) is 5.95. The third-order valence-corrected chi connectivity index (χ3v) is 5.10. The molecule has 0 spiro atoms. The number of aromatic hydroxyl groups is 2. The summed E-state index contributed by atoms with van der Waals surface area (Å²) in [4.78, 5) is 13.0. The van der Waals surface area contributed by atoms with Crippen molar-refractivity contribution in [3.05, 3.63) is 39.8 Å². The molecule has 132 valence electrons. The molecule has 0 atom stereocenters. The maximum atomic E-state index is 10.1. The summed E-state index contributed by atoms with van der Waals surface area (Å²) in [7, 11) is 0. The van der Waals surface area contributed by atoms with Gasteiger partial charge in [0.2, 0.25) is 0 Å². The molecule has 9 heteroatoms. The van der Waals surface area contributed by atoms with Crippen molar-refractivity contribution in [2.45, 2.75) is 13.8 Å². The van der Waals surface area contributed by atoms with Crippen LogP contribution in [0.4, 0.5) is 5.82 Å². The van der Waals surface area contributed by atoms with E-state index in [9.17, 15) is 10.2 Å². The van der Waals surface area contributed by atoms with E-state index in [-0.39, 0.29) is 33.0 Å². The molecule has 3 aromatic heterocycles. The lowest BCUT2D eigenvalue weighted by Gasteiger charge is -2.13. The van der Waals surface area contributed by atoms with E-state index in [1.807, 2.05) is 19.9 Å². The van der Waals surface area contributed by atoms with Gasteiger partial charge in [0.25, 0.3) is 0 Å². The van der Waals surface area contributed by atoms with Crippen LogP contribution in [0.5, 0.6) is 11.5 Å². The van der Waals surface area contributed by atoms with E-state index in [0.717, 1.165) is 22.7 Å². The lowest BCUT2D eigenvalue weighted by atomic mass is 10.1. The van der Waals surface area contributed by atoms with Crippen molar-refractivity contribution >= 4 is 51.1 Å². The molecule has 0 bridgehead atoms. The van der Waals surface area contributed by atoms with Crippen LogP contribution in [-0.4, -0.2) is 29.7 Å². The maximum absolute atomic E-state index is 10.1. The highest BCUT2D eigenvalue weighted by Gasteiger charge is 2.24. The number of rotatable bonds is 1. The number of benzene rings is 1. The minimum atomic E-state index is -0.315. The number of halogens is 2. The van der Waals surface area contributed by atoms with E-state index in [1.165, 1.54) is 6.33 Å². The molecule has 0 aliphatic heterocycles. The highest BCUT2D eigenvalue weighted by atomic mass is 35.5. The van der Waals surface area contributed by atoms with Crippen LogP contribution in [0.2, 0.25) is 10.0 Å². The fraction of sp³-hybridized carbons (Fsp3) is 0.118. The molecule has 4 N–H and O–H groups in total.